The number of fused-ring (bicyclic) bond motifs is 1. The van der Waals surface area contributed by atoms with Crippen LogP contribution >= 0.6 is 0 Å². The van der Waals surface area contributed by atoms with Gasteiger partial charge in [0.15, 0.2) is 11.5 Å². The van der Waals surface area contributed by atoms with Gasteiger partial charge in [-0.3, -0.25) is 24.7 Å². The van der Waals surface area contributed by atoms with Crippen LogP contribution in [-0.2, 0) is 16.1 Å². The number of aromatic nitrogens is 1. The zero-order valence-electron chi connectivity index (χ0n) is 18.3. The van der Waals surface area contributed by atoms with Crippen LogP contribution in [-0.4, -0.2) is 44.8 Å². The van der Waals surface area contributed by atoms with E-state index >= 15 is 0 Å². The van der Waals surface area contributed by atoms with Crippen molar-refractivity contribution < 1.29 is 29.1 Å². The lowest BCUT2D eigenvalue weighted by atomic mass is 9.95. The number of rotatable bonds is 5. The summed E-state index contributed by atoms with van der Waals surface area (Å²) in [6.07, 6.45) is 3.14. The Kier molecular flexibility index (Phi) is 5.61. The minimum Gasteiger partial charge on any atom is -0.507 e. The fourth-order valence-corrected chi connectivity index (χ4v) is 4.20. The number of pyridine rings is 1. The summed E-state index contributed by atoms with van der Waals surface area (Å²) in [5, 5.41) is 22.4. The molecule has 1 fully saturated rings. The number of aliphatic hydroxyl groups is 1. The molecule has 1 amide bonds. The van der Waals surface area contributed by atoms with E-state index in [9.17, 15) is 24.8 Å². The van der Waals surface area contributed by atoms with Crippen molar-refractivity contribution in [3.63, 3.8) is 0 Å². The molecule has 0 spiro atoms. The first-order chi connectivity index (χ1) is 16.9. The van der Waals surface area contributed by atoms with Crippen LogP contribution in [0.3, 0.4) is 0 Å². The SMILES string of the molecule is O=C1C(=O)N(Cc2ccncc2)C(c2ccc([N+](=O)[O-])cc2)C1=C(O)c1ccc2c(c1)OCCO2. The van der Waals surface area contributed by atoms with E-state index in [4.69, 9.17) is 9.47 Å². The Labute approximate surface area is 199 Å². The highest BCUT2D eigenvalue weighted by atomic mass is 16.6. The van der Waals surface area contributed by atoms with E-state index in [1.165, 1.54) is 29.2 Å². The number of nitrogens with zero attached hydrogens (tertiary/aromatic N) is 3. The van der Waals surface area contributed by atoms with Gasteiger partial charge in [-0.15, -0.1) is 0 Å². The Bertz CT molecular complexity index is 1350. The maximum Gasteiger partial charge on any atom is 0.295 e. The van der Waals surface area contributed by atoms with Gasteiger partial charge in [-0.05, 0) is 53.6 Å². The van der Waals surface area contributed by atoms with Crippen molar-refractivity contribution in [3.8, 4) is 11.5 Å². The predicted octanol–water partition coefficient (Wildman–Crippen LogP) is 3.38. The summed E-state index contributed by atoms with van der Waals surface area (Å²) in [5.74, 6) is -1.09. The van der Waals surface area contributed by atoms with Gasteiger partial charge in [0.1, 0.15) is 19.0 Å². The molecule has 1 N–H and O–H groups in total. The second-order valence-corrected chi connectivity index (χ2v) is 7.99. The van der Waals surface area contributed by atoms with E-state index in [0.717, 1.165) is 5.56 Å². The predicted molar refractivity (Wildman–Crippen MR) is 123 cm³/mol. The molecule has 10 heteroatoms. The number of hydrogen-bond donors (Lipinski definition) is 1. The molecular weight excluding hydrogens is 454 g/mol. The molecule has 176 valence electrons. The summed E-state index contributed by atoms with van der Waals surface area (Å²) < 4.78 is 11.1. The molecule has 3 aromatic rings. The number of Topliss-reactive ketones (excluding diaryl/α,β-unsaturated/α-hetero) is 1. The van der Waals surface area contributed by atoms with Crippen molar-refractivity contribution in [2.45, 2.75) is 12.6 Å². The molecule has 5 rings (SSSR count). The highest BCUT2D eigenvalue weighted by Crippen LogP contribution is 2.42. The van der Waals surface area contributed by atoms with Crippen LogP contribution in [0.2, 0.25) is 0 Å². The molecule has 2 aliphatic rings. The summed E-state index contributed by atoms with van der Waals surface area (Å²) in [6, 6.07) is 12.8. The van der Waals surface area contributed by atoms with Crippen LogP contribution in [0.5, 0.6) is 11.5 Å². The van der Waals surface area contributed by atoms with Crippen LogP contribution in [0.15, 0.2) is 72.6 Å². The molecule has 2 aromatic carbocycles. The Morgan fingerprint density at radius 3 is 2.40 bits per heavy atom. The van der Waals surface area contributed by atoms with Crippen LogP contribution < -0.4 is 9.47 Å². The fraction of sp³-hybridized carbons (Fsp3) is 0.160. The number of non-ortho nitro benzene ring substituents is 1. The molecule has 2 aliphatic heterocycles. The Hall–Kier alpha value is -4.73. The smallest absolute Gasteiger partial charge is 0.295 e. The molecule has 3 heterocycles. The second kappa shape index (κ2) is 8.90. The van der Waals surface area contributed by atoms with Crippen molar-refractivity contribution in [2.75, 3.05) is 13.2 Å². The first-order valence-electron chi connectivity index (χ1n) is 10.8. The number of ether oxygens (including phenoxy) is 2. The van der Waals surface area contributed by atoms with Crippen molar-refractivity contribution in [2.24, 2.45) is 0 Å². The molecule has 0 bridgehead atoms. The summed E-state index contributed by atoms with van der Waals surface area (Å²) >= 11 is 0. The topological polar surface area (TPSA) is 132 Å². The molecule has 35 heavy (non-hydrogen) atoms. The third kappa shape index (κ3) is 4.05. The average molecular weight is 473 g/mol. The van der Waals surface area contributed by atoms with E-state index in [2.05, 4.69) is 4.98 Å². The minimum atomic E-state index is -0.961. The van der Waals surface area contributed by atoms with E-state index in [0.29, 0.717) is 30.3 Å². The maximum atomic E-state index is 13.2. The molecule has 1 aromatic heterocycles. The molecule has 1 saturated heterocycles. The van der Waals surface area contributed by atoms with Gasteiger partial charge >= 0.3 is 0 Å². The molecule has 1 unspecified atom stereocenters. The van der Waals surface area contributed by atoms with Gasteiger partial charge in [0, 0.05) is 36.6 Å². The lowest BCUT2D eigenvalue weighted by molar-refractivity contribution is -0.384. The van der Waals surface area contributed by atoms with Crippen molar-refractivity contribution in [3.05, 3.63) is 99.4 Å². The van der Waals surface area contributed by atoms with Crippen molar-refractivity contribution in [1.29, 1.82) is 0 Å². The van der Waals surface area contributed by atoms with Gasteiger partial charge in [-0.25, -0.2) is 0 Å². The van der Waals surface area contributed by atoms with Crippen LogP contribution in [0.1, 0.15) is 22.7 Å². The monoisotopic (exact) mass is 473 g/mol. The van der Waals surface area contributed by atoms with Crippen molar-refractivity contribution in [1.82, 2.24) is 9.88 Å². The molecular formula is C25H19N3O7. The molecule has 10 nitrogen and oxygen atoms in total. The maximum absolute atomic E-state index is 13.2. The quantitative estimate of drug-likeness (QED) is 0.196. The number of aliphatic hydroxyl groups excluding tert-OH is 1. The Morgan fingerprint density at radius 1 is 1.03 bits per heavy atom. The third-order valence-corrected chi connectivity index (χ3v) is 5.88. The summed E-state index contributed by atoms with van der Waals surface area (Å²) in [4.78, 5) is 42.2. The largest absolute Gasteiger partial charge is 0.507 e. The van der Waals surface area contributed by atoms with E-state index in [-0.39, 0.29) is 29.1 Å². The third-order valence-electron chi connectivity index (χ3n) is 5.88. The number of nitro benzene ring substituents is 1. The zero-order chi connectivity index (χ0) is 24.5. The zero-order valence-corrected chi connectivity index (χ0v) is 18.3. The number of likely N-dealkylation sites (tertiary alicyclic amines) is 1. The molecule has 0 aliphatic carbocycles. The lowest BCUT2D eigenvalue weighted by Gasteiger charge is -2.25. The summed E-state index contributed by atoms with van der Waals surface area (Å²) in [7, 11) is 0. The molecule has 1 atom stereocenters. The minimum absolute atomic E-state index is 0.0761. The average Bonchev–Trinajstić information content (AvgIpc) is 3.13. The van der Waals surface area contributed by atoms with Gasteiger partial charge in [0.25, 0.3) is 17.4 Å². The first-order valence-corrected chi connectivity index (χ1v) is 10.8. The molecule has 0 radical (unpaired) electrons. The molecule has 0 saturated carbocycles. The highest BCUT2D eigenvalue weighted by Gasteiger charge is 2.46. The number of carbonyl (C=O) groups is 2. The summed E-state index contributed by atoms with van der Waals surface area (Å²) in [6.45, 7) is 0.821. The summed E-state index contributed by atoms with van der Waals surface area (Å²) in [5.41, 5.74) is 1.21. The number of nitro groups is 1. The van der Waals surface area contributed by atoms with Gasteiger partial charge in [-0.2, -0.15) is 0 Å². The fourth-order valence-electron chi connectivity index (χ4n) is 4.20. The van der Waals surface area contributed by atoms with Gasteiger partial charge in [0.2, 0.25) is 0 Å². The second-order valence-electron chi connectivity index (χ2n) is 7.99. The van der Waals surface area contributed by atoms with Gasteiger partial charge < -0.3 is 19.5 Å². The van der Waals surface area contributed by atoms with Crippen LogP contribution in [0.4, 0.5) is 5.69 Å². The first kappa shape index (κ1) is 22.1. The number of carbonyl (C=O) groups excluding carboxylic acids is 2. The van der Waals surface area contributed by atoms with Gasteiger partial charge in [-0.1, -0.05) is 0 Å². The van der Waals surface area contributed by atoms with E-state index in [1.54, 1.807) is 42.7 Å². The number of hydrogen-bond acceptors (Lipinski definition) is 8. The lowest BCUT2D eigenvalue weighted by Crippen LogP contribution is -2.29. The number of amides is 1. The Morgan fingerprint density at radius 2 is 1.71 bits per heavy atom. The Balaban J connectivity index is 1.63. The van der Waals surface area contributed by atoms with Crippen LogP contribution in [0, 0.1) is 10.1 Å². The van der Waals surface area contributed by atoms with E-state index < -0.39 is 22.7 Å². The number of ketones is 1. The van der Waals surface area contributed by atoms with Gasteiger partial charge in [0.05, 0.1) is 16.5 Å². The highest BCUT2D eigenvalue weighted by molar-refractivity contribution is 6.46. The number of benzene rings is 2. The van der Waals surface area contributed by atoms with Crippen LogP contribution in [0.25, 0.3) is 5.76 Å². The van der Waals surface area contributed by atoms with E-state index in [1.807, 2.05) is 0 Å². The van der Waals surface area contributed by atoms with Crippen molar-refractivity contribution >= 4 is 23.1 Å². The normalized spacial score (nSPS) is 18.5. The standard InChI is InChI=1S/C25H19N3O7/c29-23(17-3-6-19-20(13-17)35-12-11-34-19)21-22(16-1-4-18(5-2-16)28(32)33)27(25(31)24(21)30)14-15-7-9-26-10-8-15/h1-10,13,22,29H,11-12,14H2.